The Balaban J connectivity index is 2.22. The van der Waals surface area contributed by atoms with Crippen LogP contribution in [0.3, 0.4) is 0 Å². The van der Waals surface area contributed by atoms with Crippen LogP contribution in [-0.4, -0.2) is 18.5 Å². The molecule has 2 rings (SSSR count). The molecule has 2 heterocycles. The largest absolute Gasteiger partial charge is 0.320 e. The molecule has 3 nitrogen and oxygen atoms in total. The summed E-state index contributed by atoms with van der Waals surface area (Å²) >= 11 is 1.58. The van der Waals surface area contributed by atoms with Gasteiger partial charge in [0.25, 0.3) is 0 Å². The summed E-state index contributed by atoms with van der Waals surface area (Å²) in [5, 5.41) is 2.97. The molecule has 0 radical (unpaired) electrons. The lowest BCUT2D eigenvalue weighted by atomic mass is 10.3. The molecule has 0 spiro atoms. The Labute approximate surface area is 74.8 Å². The molecule has 1 aromatic heterocycles. The fourth-order valence-corrected chi connectivity index (χ4v) is 2.11. The maximum atomic E-state index is 11.4. The van der Waals surface area contributed by atoms with Gasteiger partial charge in [0.2, 0.25) is 5.91 Å². The van der Waals surface area contributed by atoms with Gasteiger partial charge in [-0.1, -0.05) is 0 Å². The van der Waals surface area contributed by atoms with Gasteiger partial charge in [0, 0.05) is 6.54 Å². The van der Waals surface area contributed by atoms with Crippen LogP contribution >= 0.6 is 11.3 Å². The van der Waals surface area contributed by atoms with E-state index in [4.69, 9.17) is 5.73 Å². The van der Waals surface area contributed by atoms with E-state index in [0.29, 0.717) is 0 Å². The number of anilines is 1. The summed E-state index contributed by atoms with van der Waals surface area (Å²) in [7, 11) is 0. The van der Waals surface area contributed by atoms with E-state index in [-0.39, 0.29) is 11.9 Å². The highest BCUT2D eigenvalue weighted by atomic mass is 32.1. The lowest BCUT2D eigenvalue weighted by Gasteiger charge is -2.12. The number of hydrogen-bond donors (Lipinski definition) is 1. The van der Waals surface area contributed by atoms with Crippen molar-refractivity contribution in [2.75, 3.05) is 11.4 Å². The fourth-order valence-electron chi connectivity index (χ4n) is 1.34. The van der Waals surface area contributed by atoms with Crippen molar-refractivity contribution in [3.63, 3.8) is 0 Å². The highest BCUT2D eigenvalue weighted by Crippen LogP contribution is 2.25. The second-order valence-corrected chi connectivity index (χ2v) is 3.76. The van der Waals surface area contributed by atoms with Crippen LogP contribution in [0, 0.1) is 0 Å². The number of amides is 1. The standard InChI is InChI=1S/C8H10N2OS/c9-6-3-4-10(8(6)11)7-2-1-5-12-7/h1-2,5-6H,3-4,9H2. The van der Waals surface area contributed by atoms with Gasteiger partial charge in [-0.05, 0) is 23.9 Å². The zero-order valence-electron chi connectivity index (χ0n) is 6.56. The van der Waals surface area contributed by atoms with Gasteiger partial charge in [0.05, 0.1) is 11.0 Å². The lowest BCUT2D eigenvalue weighted by molar-refractivity contribution is -0.118. The maximum absolute atomic E-state index is 11.4. The van der Waals surface area contributed by atoms with Crippen molar-refractivity contribution in [3.8, 4) is 0 Å². The molecule has 1 aromatic rings. The molecule has 1 aliphatic heterocycles. The van der Waals surface area contributed by atoms with Crippen LogP contribution < -0.4 is 10.6 Å². The van der Waals surface area contributed by atoms with Crippen LogP contribution in [0.1, 0.15) is 6.42 Å². The van der Waals surface area contributed by atoms with E-state index >= 15 is 0 Å². The quantitative estimate of drug-likeness (QED) is 0.698. The smallest absolute Gasteiger partial charge is 0.244 e. The van der Waals surface area contributed by atoms with Gasteiger partial charge in [-0.3, -0.25) is 4.79 Å². The van der Waals surface area contributed by atoms with Crippen LogP contribution in [0.15, 0.2) is 17.5 Å². The number of carbonyl (C=O) groups excluding carboxylic acids is 1. The zero-order valence-corrected chi connectivity index (χ0v) is 7.38. The lowest BCUT2D eigenvalue weighted by Crippen LogP contribution is -2.33. The molecule has 2 N–H and O–H groups in total. The molecule has 1 fully saturated rings. The monoisotopic (exact) mass is 182 g/mol. The number of hydrogen-bond acceptors (Lipinski definition) is 3. The topological polar surface area (TPSA) is 46.3 Å². The van der Waals surface area contributed by atoms with Crippen molar-refractivity contribution in [2.45, 2.75) is 12.5 Å². The Kier molecular flexibility index (Phi) is 1.86. The summed E-state index contributed by atoms with van der Waals surface area (Å²) < 4.78 is 0. The van der Waals surface area contributed by atoms with E-state index in [2.05, 4.69) is 0 Å². The van der Waals surface area contributed by atoms with Gasteiger partial charge in [-0.2, -0.15) is 0 Å². The minimum absolute atomic E-state index is 0.0532. The number of nitrogens with two attached hydrogens (primary N) is 1. The fraction of sp³-hybridized carbons (Fsp3) is 0.375. The molecule has 0 aliphatic carbocycles. The van der Waals surface area contributed by atoms with Gasteiger partial charge < -0.3 is 10.6 Å². The van der Waals surface area contributed by atoms with Crippen LogP contribution in [-0.2, 0) is 4.79 Å². The van der Waals surface area contributed by atoms with Crippen molar-refractivity contribution in [2.24, 2.45) is 5.73 Å². The van der Waals surface area contributed by atoms with Crippen LogP contribution in [0.2, 0.25) is 0 Å². The molecule has 64 valence electrons. The summed E-state index contributed by atoms with van der Waals surface area (Å²) in [6.45, 7) is 0.764. The van der Waals surface area contributed by atoms with E-state index in [1.165, 1.54) is 0 Å². The van der Waals surface area contributed by atoms with Gasteiger partial charge in [-0.25, -0.2) is 0 Å². The average molecular weight is 182 g/mol. The Bertz CT molecular complexity index is 283. The summed E-state index contributed by atoms with van der Waals surface area (Å²) in [5.41, 5.74) is 5.59. The molecule has 1 saturated heterocycles. The Hall–Kier alpha value is -0.870. The van der Waals surface area contributed by atoms with Crippen molar-refractivity contribution in [3.05, 3.63) is 17.5 Å². The van der Waals surface area contributed by atoms with Crippen LogP contribution in [0.4, 0.5) is 5.00 Å². The number of thiophene rings is 1. The van der Waals surface area contributed by atoms with Gasteiger partial charge in [-0.15, -0.1) is 11.3 Å². The first-order valence-corrected chi connectivity index (χ1v) is 4.77. The molecule has 0 bridgehead atoms. The number of carbonyl (C=O) groups is 1. The predicted molar refractivity (Wildman–Crippen MR) is 49.3 cm³/mol. The third-order valence-electron chi connectivity index (χ3n) is 2.02. The first-order valence-electron chi connectivity index (χ1n) is 3.89. The van der Waals surface area contributed by atoms with Gasteiger partial charge in [0.1, 0.15) is 0 Å². The van der Waals surface area contributed by atoms with E-state index in [1.807, 2.05) is 17.5 Å². The van der Waals surface area contributed by atoms with Crippen molar-refractivity contribution in [1.82, 2.24) is 0 Å². The van der Waals surface area contributed by atoms with Crippen LogP contribution in [0.5, 0.6) is 0 Å². The Morgan fingerprint density at radius 1 is 1.67 bits per heavy atom. The van der Waals surface area contributed by atoms with Crippen molar-refractivity contribution < 1.29 is 4.79 Å². The van der Waals surface area contributed by atoms with E-state index < -0.39 is 0 Å². The van der Waals surface area contributed by atoms with E-state index in [0.717, 1.165) is 18.0 Å². The number of rotatable bonds is 1. The Morgan fingerprint density at radius 3 is 3.00 bits per heavy atom. The number of nitrogens with zero attached hydrogens (tertiary/aromatic N) is 1. The second kappa shape index (κ2) is 2.88. The Morgan fingerprint density at radius 2 is 2.50 bits per heavy atom. The van der Waals surface area contributed by atoms with E-state index in [1.54, 1.807) is 16.2 Å². The normalized spacial score (nSPS) is 23.6. The summed E-state index contributed by atoms with van der Waals surface area (Å²) in [6.07, 6.45) is 0.775. The van der Waals surface area contributed by atoms with E-state index in [9.17, 15) is 4.79 Å². The molecule has 1 atom stereocenters. The molecule has 4 heteroatoms. The van der Waals surface area contributed by atoms with Crippen LogP contribution in [0.25, 0.3) is 0 Å². The molecule has 1 unspecified atom stereocenters. The predicted octanol–water partition coefficient (Wildman–Crippen LogP) is 0.812. The van der Waals surface area contributed by atoms with Crippen molar-refractivity contribution in [1.29, 1.82) is 0 Å². The molecule has 0 aromatic carbocycles. The minimum atomic E-state index is -0.285. The minimum Gasteiger partial charge on any atom is -0.320 e. The molecule has 1 amide bonds. The highest BCUT2D eigenvalue weighted by Gasteiger charge is 2.29. The third kappa shape index (κ3) is 1.13. The van der Waals surface area contributed by atoms with Gasteiger partial charge >= 0.3 is 0 Å². The third-order valence-corrected chi connectivity index (χ3v) is 2.91. The van der Waals surface area contributed by atoms with Crippen molar-refractivity contribution >= 4 is 22.2 Å². The second-order valence-electron chi connectivity index (χ2n) is 2.84. The molecule has 0 saturated carbocycles. The highest BCUT2D eigenvalue weighted by molar-refractivity contribution is 7.14. The molecule has 12 heavy (non-hydrogen) atoms. The average Bonchev–Trinajstić information content (AvgIpc) is 2.64. The summed E-state index contributed by atoms with van der Waals surface area (Å²) in [4.78, 5) is 13.2. The maximum Gasteiger partial charge on any atom is 0.244 e. The molecular formula is C8H10N2OS. The first-order chi connectivity index (χ1) is 5.79. The summed E-state index contributed by atoms with van der Waals surface area (Å²) in [5.74, 6) is 0.0532. The van der Waals surface area contributed by atoms with Gasteiger partial charge in [0.15, 0.2) is 0 Å². The molecule has 1 aliphatic rings. The SMILES string of the molecule is NC1CCN(c2cccs2)C1=O. The first kappa shape index (κ1) is 7.76. The summed E-state index contributed by atoms with van der Waals surface area (Å²) in [6, 6.07) is 3.60. The zero-order chi connectivity index (χ0) is 8.55. The molecular weight excluding hydrogens is 172 g/mol.